The van der Waals surface area contributed by atoms with Crippen molar-refractivity contribution < 1.29 is 19.0 Å². The Morgan fingerprint density at radius 1 is 0.794 bits per heavy atom. The number of hydrogen-bond donors (Lipinski definition) is 1. The average Bonchev–Trinajstić information content (AvgIpc) is 2.80. The Balaban J connectivity index is 1.75. The molecule has 7 heteroatoms. The number of hydrogen-bond acceptors (Lipinski definition) is 6. The van der Waals surface area contributed by atoms with Crippen molar-refractivity contribution in [3.05, 3.63) is 89.0 Å². The topological polar surface area (TPSA) is 104 Å². The summed E-state index contributed by atoms with van der Waals surface area (Å²) in [6, 6.07) is 23.5. The maximum Gasteiger partial charge on any atom is 0.412 e. The monoisotopic (exact) mass is 455 g/mol. The number of nitriles is 2. The summed E-state index contributed by atoms with van der Waals surface area (Å²) < 4.78 is 17.2. The summed E-state index contributed by atoms with van der Waals surface area (Å²) in [5.41, 5.74) is 2.76. The molecule has 1 N–H and O–H groups in total. The second-order valence-electron chi connectivity index (χ2n) is 8.51. The summed E-state index contributed by atoms with van der Waals surface area (Å²) in [4.78, 5) is 12.3. The molecular formula is C27H25N3O4. The molecule has 0 radical (unpaired) electrons. The van der Waals surface area contributed by atoms with Gasteiger partial charge in [0.1, 0.15) is 30.3 Å². The van der Waals surface area contributed by atoms with Crippen molar-refractivity contribution in [2.75, 3.05) is 5.32 Å². The van der Waals surface area contributed by atoms with Crippen molar-refractivity contribution in [1.82, 2.24) is 0 Å². The lowest BCUT2D eigenvalue weighted by Gasteiger charge is -2.20. The van der Waals surface area contributed by atoms with Gasteiger partial charge in [-0.1, -0.05) is 24.3 Å². The van der Waals surface area contributed by atoms with Crippen LogP contribution in [-0.4, -0.2) is 11.7 Å². The smallest absolute Gasteiger partial charge is 0.412 e. The Bertz CT molecular complexity index is 1140. The Kier molecular flexibility index (Phi) is 7.74. The van der Waals surface area contributed by atoms with Crippen molar-refractivity contribution in [3.63, 3.8) is 0 Å². The fourth-order valence-electron chi connectivity index (χ4n) is 2.92. The summed E-state index contributed by atoms with van der Waals surface area (Å²) in [5.74, 6) is 0.987. The molecule has 3 aromatic rings. The maximum atomic E-state index is 12.3. The zero-order valence-corrected chi connectivity index (χ0v) is 19.3. The highest BCUT2D eigenvalue weighted by atomic mass is 16.6. The lowest BCUT2D eigenvalue weighted by atomic mass is 10.1. The molecule has 0 saturated carbocycles. The minimum atomic E-state index is -0.636. The first-order valence-corrected chi connectivity index (χ1v) is 10.6. The van der Waals surface area contributed by atoms with E-state index in [4.69, 9.17) is 24.7 Å². The molecule has 0 aliphatic heterocycles. The van der Waals surface area contributed by atoms with Crippen molar-refractivity contribution in [2.45, 2.75) is 39.6 Å². The van der Waals surface area contributed by atoms with Gasteiger partial charge in [-0.15, -0.1) is 0 Å². The first-order chi connectivity index (χ1) is 16.2. The van der Waals surface area contributed by atoms with Crippen LogP contribution in [-0.2, 0) is 18.0 Å². The highest BCUT2D eigenvalue weighted by Gasteiger charge is 2.17. The first-order valence-electron chi connectivity index (χ1n) is 10.6. The molecule has 3 rings (SSSR count). The van der Waals surface area contributed by atoms with E-state index in [-0.39, 0.29) is 13.2 Å². The van der Waals surface area contributed by atoms with Crippen molar-refractivity contribution in [3.8, 4) is 23.6 Å². The van der Waals surface area contributed by atoms with Gasteiger partial charge < -0.3 is 14.2 Å². The molecule has 0 bridgehead atoms. The van der Waals surface area contributed by atoms with Crippen LogP contribution in [0.25, 0.3) is 0 Å². The first kappa shape index (κ1) is 24.2. The highest BCUT2D eigenvalue weighted by molar-refractivity contribution is 5.85. The second-order valence-corrected chi connectivity index (χ2v) is 8.51. The number of benzene rings is 3. The van der Waals surface area contributed by atoms with Crippen LogP contribution in [0, 0.1) is 22.7 Å². The van der Waals surface area contributed by atoms with Crippen LogP contribution in [0.4, 0.5) is 10.5 Å². The van der Waals surface area contributed by atoms with Crippen molar-refractivity contribution in [2.24, 2.45) is 0 Å². The van der Waals surface area contributed by atoms with E-state index in [2.05, 4.69) is 17.5 Å². The number of carbonyl (C=O) groups is 1. The Hall–Kier alpha value is -4.49. The summed E-state index contributed by atoms with van der Waals surface area (Å²) in [7, 11) is 0. The molecule has 3 aromatic carbocycles. The van der Waals surface area contributed by atoms with E-state index in [0.29, 0.717) is 28.3 Å². The summed E-state index contributed by atoms with van der Waals surface area (Å²) >= 11 is 0. The number of amides is 1. The lowest BCUT2D eigenvalue weighted by Crippen LogP contribution is -2.27. The molecule has 0 heterocycles. The maximum absolute atomic E-state index is 12.3. The molecule has 0 aliphatic rings. The molecule has 0 aliphatic carbocycles. The molecule has 0 atom stereocenters. The van der Waals surface area contributed by atoms with E-state index in [1.54, 1.807) is 63.2 Å². The fourth-order valence-corrected chi connectivity index (χ4v) is 2.92. The molecule has 0 fully saturated rings. The van der Waals surface area contributed by atoms with Gasteiger partial charge in [0.25, 0.3) is 0 Å². The van der Waals surface area contributed by atoms with Crippen LogP contribution in [0.5, 0.6) is 11.5 Å². The van der Waals surface area contributed by atoms with Gasteiger partial charge in [0, 0.05) is 18.2 Å². The van der Waals surface area contributed by atoms with Gasteiger partial charge in [-0.25, -0.2) is 4.79 Å². The predicted molar refractivity (Wildman–Crippen MR) is 127 cm³/mol. The Morgan fingerprint density at radius 3 is 1.62 bits per heavy atom. The van der Waals surface area contributed by atoms with E-state index in [9.17, 15) is 4.79 Å². The summed E-state index contributed by atoms with van der Waals surface area (Å²) in [6.07, 6.45) is -0.588. The Morgan fingerprint density at radius 2 is 1.24 bits per heavy atom. The number of rotatable bonds is 7. The molecule has 34 heavy (non-hydrogen) atoms. The van der Waals surface area contributed by atoms with E-state index < -0.39 is 11.7 Å². The normalized spacial score (nSPS) is 10.5. The van der Waals surface area contributed by atoms with Crippen LogP contribution < -0.4 is 14.8 Å². The molecule has 172 valence electrons. The van der Waals surface area contributed by atoms with E-state index >= 15 is 0 Å². The second kappa shape index (κ2) is 10.9. The minimum Gasteiger partial charge on any atom is -0.489 e. The van der Waals surface area contributed by atoms with Crippen LogP contribution in [0.3, 0.4) is 0 Å². The SMILES string of the molecule is CC(C)(C)OC(=O)Nc1cc(OCc2ccc(C#N)cc2)cc(OCc2ccc(C#N)cc2)c1. The molecular weight excluding hydrogens is 430 g/mol. The van der Waals surface area contributed by atoms with Gasteiger partial charge in [0.15, 0.2) is 0 Å². The number of carbonyl (C=O) groups excluding carboxylic acids is 1. The van der Waals surface area contributed by atoms with Gasteiger partial charge in [-0.2, -0.15) is 10.5 Å². The fraction of sp³-hybridized carbons (Fsp3) is 0.222. The number of ether oxygens (including phenoxy) is 3. The lowest BCUT2D eigenvalue weighted by molar-refractivity contribution is 0.0636. The zero-order valence-electron chi connectivity index (χ0n) is 19.3. The van der Waals surface area contributed by atoms with Crippen molar-refractivity contribution in [1.29, 1.82) is 10.5 Å². The minimum absolute atomic E-state index is 0.274. The summed E-state index contributed by atoms with van der Waals surface area (Å²) in [6.45, 7) is 5.91. The quantitative estimate of drug-likeness (QED) is 0.473. The molecule has 7 nitrogen and oxygen atoms in total. The number of anilines is 1. The van der Waals surface area contributed by atoms with Gasteiger partial charge >= 0.3 is 6.09 Å². The number of nitrogens with one attached hydrogen (secondary N) is 1. The molecule has 0 unspecified atom stereocenters. The Labute approximate surface area is 199 Å². The van der Waals surface area contributed by atoms with E-state index in [1.807, 2.05) is 24.3 Å². The predicted octanol–water partition coefficient (Wildman–Crippen LogP) is 5.93. The van der Waals surface area contributed by atoms with Crippen LogP contribution >= 0.6 is 0 Å². The van der Waals surface area contributed by atoms with Gasteiger partial charge in [-0.3, -0.25) is 5.32 Å². The molecule has 0 saturated heterocycles. The van der Waals surface area contributed by atoms with Crippen LogP contribution in [0.1, 0.15) is 43.0 Å². The molecule has 0 aromatic heterocycles. The largest absolute Gasteiger partial charge is 0.489 e. The van der Waals surface area contributed by atoms with Crippen LogP contribution in [0.2, 0.25) is 0 Å². The summed E-state index contributed by atoms with van der Waals surface area (Å²) in [5, 5.41) is 20.6. The average molecular weight is 456 g/mol. The third-order valence-corrected chi connectivity index (χ3v) is 4.50. The number of nitrogens with zero attached hydrogens (tertiary/aromatic N) is 2. The van der Waals surface area contributed by atoms with Gasteiger partial charge in [0.2, 0.25) is 0 Å². The standard InChI is InChI=1S/C27H25N3O4/c1-27(2,3)34-26(31)30-23-12-24(32-17-21-8-4-19(15-28)5-9-21)14-25(13-23)33-18-22-10-6-20(16-29)7-11-22/h4-14H,17-18H2,1-3H3,(H,30,31). The molecule has 1 amide bonds. The molecule has 0 spiro atoms. The van der Waals surface area contributed by atoms with Gasteiger partial charge in [0.05, 0.1) is 29.0 Å². The zero-order chi connectivity index (χ0) is 24.6. The highest BCUT2D eigenvalue weighted by Crippen LogP contribution is 2.28. The van der Waals surface area contributed by atoms with Crippen LogP contribution in [0.15, 0.2) is 66.7 Å². The van der Waals surface area contributed by atoms with Gasteiger partial charge in [-0.05, 0) is 56.2 Å². The third kappa shape index (κ3) is 7.58. The third-order valence-electron chi connectivity index (χ3n) is 4.50. The van der Waals surface area contributed by atoms with Crippen molar-refractivity contribution >= 4 is 11.8 Å². The van der Waals surface area contributed by atoms with E-state index in [0.717, 1.165) is 11.1 Å². The van der Waals surface area contributed by atoms with E-state index in [1.165, 1.54) is 0 Å².